The van der Waals surface area contributed by atoms with E-state index in [-0.39, 0.29) is 5.95 Å². The second-order valence-electron chi connectivity index (χ2n) is 4.67. The van der Waals surface area contributed by atoms with Gasteiger partial charge in [0.2, 0.25) is 12.4 Å². The van der Waals surface area contributed by atoms with E-state index in [0.29, 0.717) is 18.8 Å². The summed E-state index contributed by atoms with van der Waals surface area (Å²) in [5, 5.41) is 6.83. The summed E-state index contributed by atoms with van der Waals surface area (Å²) in [5.74, 6) is 0.908. The lowest BCUT2D eigenvalue weighted by Gasteiger charge is -2.07. The second kappa shape index (κ2) is 6.19. The number of aromatic nitrogens is 3. The van der Waals surface area contributed by atoms with Gasteiger partial charge in [-0.15, -0.1) is 5.10 Å². The van der Waals surface area contributed by atoms with Crippen molar-refractivity contribution in [2.24, 2.45) is 5.73 Å². The zero-order chi connectivity index (χ0) is 15.4. The Hall–Kier alpha value is -2.99. The summed E-state index contributed by atoms with van der Waals surface area (Å²) in [6.07, 6.45) is 0.560. The van der Waals surface area contributed by atoms with E-state index in [0.717, 1.165) is 16.8 Å². The van der Waals surface area contributed by atoms with Crippen LogP contribution in [0.1, 0.15) is 5.56 Å². The van der Waals surface area contributed by atoms with Crippen LogP contribution in [-0.2, 0) is 11.3 Å². The van der Waals surface area contributed by atoms with Gasteiger partial charge in [-0.05, 0) is 17.7 Å². The van der Waals surface area contributed by atoms with Crippen LogP contribution in [0.4, 0.5) is 5.95 Å². The molecule has 0 aliphatic rings. The molecule has 0 atom stereocenters. The molecule has 3 N–H and O–H groups in total. The van der Waals surface area contributed by atoms with Crippen molar-refractivity contribution in [1.82, 2.24) is 14.8 Å². The Bertz CT molecular complexity index is 782. The van der Waals surface area contributed by atoms with E-state index < -0.39 is 0 Å². The van der Waals surface area contributed by atoms with Gasteiger partial charge in [0.05, 0.1) is 5.69 Å². The fourth-order valence-electron chi connectivity index (χ4n) is 2.20. The summed E-state index contributed by atoms with van der Waals surface area (Å²) in [6, 6.07) is 17.4. The minimum Gasteiger partial charge on any atom is -0.326 e. The van der Waals surface area contributed by atoms with Crippen LogP contribution in [-0.4, -0.2) is 21.2 Å². The zero-order valence-corrected chi connectivity index (χ0v) is 11.8. The number of rotatable bonds is 5. The molecule has 3 rings (SSSR count). The van der Waals surface area contributed by atoms with E-state index >= 15 is 0 Å². The predicted molar refractivity (Wildman–Crippen MR) is 84.4 cm³/mol. The number of benzene rings is 2. The van der Waals surface area contributed by atoms with Crippen molar-refractivity contribution < 1.29 is 4.79 Å². The zero-order valence-electron chi connectivity index (χ0n) is 11.8. The number of amides is 1. The third kappa shape index (κ3) is 2.72. The predicted octanol–water partition coefficient (Wildman–Crippen LogP) is 1.96. The van der Waals surface area contributed by atoms with Crippen molar-refractivity contribution in [3.63, 3.8) is 0 Å². The first-order valence-corrected chi connectivity index (χ1v) is 6.84. The average molecular weight is 293 g/mol. The van der Waals surface area contributed by atoms with Crippen molar-refractivity contribution in [1.29, 1.82) is 0 Å². The molecule has 110 valence electrons. The maximum Gasteiger partial charge on any atom is 0.249 e. The van der Waals surface area contributed by atoms with Gasteiger partial charge in [-0.1, -0.05) is 42.5 Å². The lowest BCUT2D eigenvalue weighted by molar-refractivity contribution is -0.105. The molecule has 1 heterocycles. The minimum atomic E-state index is 0.256. The highest BCUT2D eigenvalue weighted by Gasteiger charge is 2.13. The number of carbonyl (C=O) groups excluding carboxylic acids is 1. The van der Waals surface area contributed by atoms with Crippen molar-refractivity contribution in [2.75, 3.05) is 5.32 Å². The first kappa shape index (κ1) is 14.0. The largest absolute Gasteiger partial charge is 0.326 e. The molecule has 0 unspecified atom stereocenters. The average Bonchev–Trinajstić information content (AvgIpc) is 3.00. The van der Waals surface area contributed by atoms with Gasteiger partial charge < -0.3 is 5.73 Å². The van der Waals surface area contributed by atoms with Gasteiger partial charge in [0, 0.05) is 12.1 Å². The maximum absolute atomic E-state index is 10.7. The number of nitrogens with zero attached hydrogens (tertiary/aromatic N) is 3. The molecule has 0 spiro atoms. The van der Waals surface area contributed by atoms with Crippen LogP contribution >= 0.6 is 0 Å². The molecule has 1 amide bonds. The molecule has 0 aliphatic carbocycles. The third-order valence-electron chi connectivity index (χ3n) is 3.22. The van der Waals surface area contributed by atoms with Crippen LogP contribution in [0.2, 0.25) is 0 Å². The van der Waals surface area contributed by atoms with Crippen molar-refractivity contribution in [2.45, 2.75) is 6.54 Å². The molecule has 0 fully saturated rings. The number of nitrogens with two attached hydrogens (primary N) is 1. The highest BCUT2D eigenvalue weighted by Crippen LogP contribution is 2.22. The summed E-state index contributed by atoms with van der Waals surface area (Å²) in [5.41, 5.74) is 8.44. The molecular formula is C16H15N5O. The van der Waals surface area contributed by atoms with Crippen molar-refractivity contribution >= 4 is 12.4 Å². The number of hydrogen-bond donors (Lipinski definition) is 2. The molecule has 1 aromatic heterocycles. The van der Waals surface area contributed by atoms with Gasteiger partial charge in [-0.25, -0.2) is 4.68 Å². The Morgan fingerprint density at radius 1 is 1.14 bits per heavy atom. The summed E-state index contributed by atoms with van der Waals surface area (Å²) in [7, 11) is 0. The highest BCUT2D eigenvalue weighted by molar-refractivity contribution is 5.69. The van der Waals surface area contributed by atoms with Gasteiger partial charge in [0.1, 0.15) is 0 Å². The molecule has 0 saturated heterocycles. The fourth-order valence-corrected chi connectivity index (χ4v) is 2.20. The van der Waals surface area contributed by atoms with Gasteiger partial charge in [0.25, 0.3) is 0 Å². The van der Waals surface area contributed by atoms with E-state index in [1.165, 1.54) is 0 Å². The van der Waals surface area contributed by atoms with E-state index in [9.17, 15) is 4.79 Å². The van der Waals surface area contributed by atoms with Crippen molar-refractivity contribution in [3.8, 4) is 17.1 Å². The van der Waals surface area contributed by atoms with Crippen LogP contribution in [0.25, 0.3) is 17.1 Å². The maximum atomic E-state index is 10.7. The SMILES string of the molecule is NCc1cccc(-n2nc(NC=O)nc2-c2ccccc2)c1. The standard InChI is InChI=1S/C16H15N5O/c17-10-12-5-4-8-14(9-12)21-15(13-6-2-1-3-7-13)19-16(20-21)18-11-22/h1-9,11H,10,17H2,(H,18,20,22). The van der Waals surface area contributed by atoms with Gasteiger partial charge in [-0.2, -0.15) is 4.98 Å². The van der Waals surface area contributed by atoms with Crippen LogP contribution in [0, 0.1) is 0 Å². The molecule has 6 heteroatoms. The molecule has 0 bridgehead atoms. The number of anilines is 1. The quantitative estimate of drug-likeness (QED) is 0.704. The molecule has 22 heavy (non-hydrogen) atoms. The topological polar surface area (TPSA) is 85.8 Å². The fraction of sp³-hybridized carbons (Fsp3) is 0.0625. The first-order chi connectivity index (χ1) is 10.8. The Morgan fingerprint density at radius 3 is 2.68 bits per heavy atom. The lowest BCUT2D eigenvalue weighted by Crippen LogP contribution is -2.03. The Kier molecular flexibility index (Phi) is 3.93. The Morgan fingerprint density at radius 2 is 1.95 bits per heavy atom. The highest BCUT2D eigenvalue weighted by atomic mass is 16.1. The monoisotopic (exact) mass is 293 g/mol. The number of hydrogen-bond acceptors (Lipinski definition) is 4. The number of carbonyl (C=O) groups is 1. The van der Waals surface area contributed by atoms with Crippen LogP contribution in [0.5, 0.6) is 0 Å². The summed E-state index contributed by atoms with van der Waals surface area (Å²) >= 11 is 0. The van der Waals surface area contributed by atoms with Crippen LogP contribution in [0.15, 0.2) is 54.6 Å². The van der Waals surface area contributed by atoms with Gasteiger partial charge >= 0.3 is 0 Å². The number of nitrogens with one attached hydrogen (secondary N) is 1. The lowest BCUT2D eigenvalue weighted by atomic mass is 10.2. The molecular weight excluding hydrogens is 278 g/mol. The Balaban J connectivity index is 2.14. The Labute approximate surface area is 127 Å². The van der Waals surface area contributed by atoms with E-state index in [2.05, 4.69) is 15.4 Å². The van der Waals surface area contributed by atoms with Gasteiger partial charge in [0.15, 0.2) is 5.82 Å². The van der Waals surface area contributed by atoms with E-state index in [1.54, 1.807) is 4.68 Å². The van der Waals surface area contributed by atoms with Crippen molar-refractivity contribution in [3.05, 3.63) is 60.2 Å². The molecule has 2 aromatic carbocycles. The minimum absolute atomic E-state index is 0.256. The van der Waals surface area contributed by atoms with E-state index in [4.69, 9.17) is 5.73 Å². The van der Waals surface area contributed by atoms with E-state index in [1.807, 2.05) is 54.6 Å². The summed E-state index contributed by atoms with van der Waals surface area (Å²) < 4.78 is 1.69. The smallest absolute Gasteiger partial charge is 0.249 e. The summed E-state index contributed by atoms with van der Waals surface area (Å²) in [4.78, 5) is 15.0. The molecule has 3 aromatic rings. The van der Waals surface area contributed by atoms with Gasteiger partial charge in [-0.3, -0.25) is 10.1 Å². The normalized spacial score (nSPS) is 10.4. The van der Waals surface area contributed by atoms with Crippen LogP contribution < -0.4 is 11.1 Å². The second-order valence-corrected chi connectivity index (χ2v) is 4.67. The molecule has 0 aliphatic heterocycles. The third-order valence-corrected chi connectivity index (χ3v) is 3.22. The molecule has 0 radical (unpaired) electrons. The molecule has 0 saturated carbocycles. The molecule has 6 nitrogen and oxygen atoms in total. The first-order valence-electron chi connectivity index (χ1n) is 6.84. The summed E-state index contributed by atoms with van der Waals surface area (Å²) in [6.45, 7) is 0.447. The van der Waals surface area contributed by atoms with Crippen LogP contribution in [0.3, 0.4) is 0 Å².